The first-order chi connectivity index (χ1) is 16.4. The quantitative estimate of drug-likeness (QED) is 0.549. The molecule has 0 aliphatic carbocycles. The summed E-state index contributed by atoms with van der Waals surface area (Å²) in [6, 6.07) is 24.1. The predicted octanol–water partition coefficient (Wildman–Crippen LogP) is 4.31. The van der Waals surface area contributed by atoms with Crippen LogP contribution in [0.15, 0.2) is 83.8 Å². The number of sulfonamides is 1. The lowest BCUT2D eigenvalue weighted by Gasteiger charge is -2.31. The molecule has 1 aliphatic heterocycles. The van der Waals surface area contributed by atoms with E-state index >= 15 is 0 Å². The van der Waals surface area contributed by atoms with Gasteiger partial charge in [-0.05, 0) is 55.2 Å². The molecule has 1 amide bonds. The minimum atomic E-state index is -3.55. The van der Waals surface area contributed by atoms with Crippen molar-refractivity contribution in [3.8, 4) is 5.75 Å². The molecule has 1 aliphatic rings. The zero-order chi connectivity index (χ0) is 24.1. The van der Waals surface area contributed by atoms with Gasteiger partial charge in [-0.1, -0.05) is 60.2 Å². The maximum absolute atomic E-state index is 13.2. The third-order valence-electron chi connectivity index (χ3n) is 6.35. The lowest BCUT2D eigenvalue weighted by atomic mass is 9.94. The summed E-state index contributed by atoms with van der Waals surface area (Å²) < 4.78 is 32.7. The average Bonchev–Trinajstić information content (AvgIpc) is 2.88. The van der Waals surface area contributed by atoms with E-state index < -0.39 is 10.0 Å². The number of rotatable bonds is 7. The van der Waals surface area contributed by atoms with Crippen LogP contribution >= 0.6 is 0 Å². The van der Waals surface area contributed by atoms with Gasteiger partial charge in [0.1, 0.15) is 5.75 Å². The van der Waals surface area contributed by atoms with Crippen molar-refractivity contribution < 1.29 is 17.9 Å². The van der Waals surface area contributed by atoms with Gasteiger partial charge >= 0.3 is 0 Å². The monoisotopic (exact) mass is 478 g/mol. The molecule has 0 spiro atoms. The number of hydrogen-bond donors (Lipinski definition) is 1. The Kier molecular flexibility index (Phi) is 7.34. The van der Waals surface area contributed by atoms with E-state index in [4.69, 9.17) is 4.74 Å². The molecule has 178 valence electrons. The van der Waals surface area contributed by atoms with Crippen molar-refractivity contribution >= 4 is 15.9 Å². The lowest BCUT2D eigenvalue weighted by Crippen LogP contribution is -2.43. The van der Waals surface area contributed by atoms with Crippen molar-refractivity contribution in [2.24, 2.45) is 5.92 Å². The number of carbonyl (C=O) groups excluding carboxylic acids is 1. The predicted molar refractivity (Wildman–Crippen MR) is 132 cm³/mol. The second-order valence-corrected chi connectivity index (χ2v) is 10.6. The highest BCUT2D eigenvalue weighted by atomic mass is 32.2. The van der Waals surface area contributed by atoms with Gasteiger partial charge in [-0.25, -0.2) is 8.42 Å². The van der Waals surface area contributed by atoms with E-state index in [1.165, 1.54) is 4.31 Å². The molecule has 0 aromatic heterocycles. The zero-order valence-electron chi connectivity index (χ0n) is 19.5. The van der Waals surface area contributed by atoms with E-state index in [0.717, 1.165) is 22.4 Å². The van der Waals surface area contributed by atoms with E-state index in [2.05, 4.69) is 5.32 Å². The Hall–Kier alpha value is -3.16. The highest BCUT2D eigenvalue weighted by Crippen LogP contribution is 2.28. The molecule has 0 unspecified atom stereocenters. The van der Waals surface area contributed by atoms with Crippen molar-refractivity contribution in [3.63, 3.8) is 0 Å². The second kappa shape index (κ2) is 10.4. The Balaban J connectivity index is 1.45. The first kappa shape index (κ1) is 24.0. The molecule has 3 aromatic carbocycles. The Morgan fingerprint density at radius 2 is 1.50 bits per heavy atom. The molecule has 7 heteroatoms. The maximum Gasteiger partial charge on any atom is 0.243 e. The third kappa shape index (κ3) is 5.32. The molecule has 1 N–H and O–H groups in total. The standard InChI is InChI=1S/C27H30N2O4S/c1-20-8-14-25(15-9-20)34(31,32)29-18-16-23(17-19-29)27(30)28-26(21-6-4-3-5-7-21)22-10-12-24(33-2)13-11-22/h3-15,23,26H,16-19H2,1-2H3,(H,28,30)/t26-/m0/s1. The van der Waals surface area contributed by atoms with Crippen LogP contribution in [0.5, 0.6) is 5.75 Å². The van der Waals surface area contributed by atoms with Crippen LogP contribution < -0.4 is 10.1 Å². The SMILES string of the molecule is COc1ccc([C@@H](NC(=O)C2CCN(S(=O)(=O)c3ccc(C)cc3)CC2)c2ccccc2)cc1. The van der Waals surface area contributed by atoms with Gasteiger partial charge in [0.2, 0.25) is 15.9 Å². The van der Waals surface area contributed by atoms with Gasteiger partial charge < -0.3 is 10.1 Å². The normalized spacial score (nSPS) is 16.1. The fraction of sp³-hybridized carbons (Fsp3) is 0.296. The number of amides is 1. The van der Waals surface area contributed by atoms with Gasteiger partial charge in [-0.15, -0.1) is 0 Å². The highest BCUT2D eigenvalue weighted by Gasteiger charge is 2.33. The number of nitrogens with one attached hydrogen (secondary N) is 1. The fourth-order valence-electron chi connectivity index (χ4n) is 4.28. The maximum atomic E-state index is 13.2. The first-order valence-electron chi connectivity index (χ1n) is 11.4. The van der Waals surface area contributed by atoms with E-state index in [1.807, 2.05) is 61.5 Å². The molecular formula is C27H30N2O4S. The molecular weight excluding hydrogens is 448 g/mol. The van der Waals surface area contributed by atoms with Gasteiger partial charge in [0.05, 0.1) is 18.0 Å². The molecule has 34 heavy (non-hydrogen) atoms. The number of aryl methyl sites for hydroxylation is 1. The molecule has 6 nitrogen and oxygen atoms in total. The van der Waals surface area contributed by atoms with Crippen LogP contribution in [0.3, 0.4) is 0 Å². The molecule has 1 saturated heterocycles. The van der Waals surface area contributed by atoms with Crippen LogP contribution in [-0.4, -0.2) is 38.8 Å². The van der Waals surface area contributed by atoms with Crippen LogP contribution in [0.4, 0.5) is 0 Å². The minimum absolute atomic E-state index is 0.0583. The third-order valence-corrected chi connectivity index (χ3v) is 8.26. The van der Waals surface area contributed by atoms with Crippen molar-refractivity contribution in [1.29, 1.82) is 0 Å². The summed E-state index contributed by atoms with van der Waals surface area (Å²) in [7, 11) is -1.93. The van der Waals surface area contributed by atoms with Crippen LogP contribution in [0.25, 0.3) is 0 Å². The zero-order valence-corrected chi connectivity index (χ0v) is 20.3. The summed E-state index contributed by atoms with van der Waals surface area (Å²) in [4.78, 5) is 13.5. The van der Waals surface area contributed by atoms with Crippen molar-refractivity contribution in [1.82, 2.24) is 9.62 Å². The summed E-state index contributed by atoms with van der Waals surface area (Å²) in [6.07, 6.45) is 0.974. The average molecular weight is 479 g/mol. The number of carbonyl (C=O) groups is 1. The van der Waals surface area contributed by atoms with Gasteiger partial charge in [0, 0.05) is 19.0 Å². The summed E-state index contributed by atoms with van der Waals surface area (Å²) in [5.74, 6) is 0.454. The molecule has 0 saturated carbocycles. The Morgan fingerprint density at radius 3 is 2.09 bits per heavy atom. The number of nitrogens with zero attached hydrogens (tertiary/aromatic N) is 1. The van der Waals surface area contributed by atoms with Crippen molar-refractivity contribution in [3.05, 3.63) is 95.6 Å². The van der Waals surface area contributed by atoms with E-state index in [9.17, 15) is 13.2 Å². The largest absolute Gasteiger partial charge is 0.497 e. The fourth-order valence-corrected chi connectivity index (χ4v) is 5.75. The smallest absolute Gasteiger partial charge is 0.243 e. The molecule has 3 aromatic rings. The summed E-state index contributed by atoms with van der Waals surface area (Å²) in [5.41, 5.74) is 2.96. The van der Waals surface area contributed by atoms with Crippen LogP contribution in [0, 0.1) is 12.8 Å². The van der Waals surface area contributed by atoms with Gasteiger partial charge in [0.15, 0.2) is 0 Å². The highest BCUT2D eigenvalue weighted by molar-refractivity contribution is 7.89. The number of hydrogen-bond acceptors (Lipinski definition) is 4. The topological polar surface area (TPSA) is 75.7 Å². The van der Waals surface area contributed by atoms with Gasteiger partial charge in [-0.3, -0.25) is 4.79 Å². The number of piperidine rings is 1. The van der Waals surface area contributed by atoms with Crippen LogP contribution in [-0.2, 0) is 14.8 Å². The summed E-state index contributed by atoms with van der Waals surface area (Å²) in [6.45, 7) is 2.58. The Labute approximate surface area is 201 Å². The molecule has 1 atom stereocenters. The first-order valence-corrected chi connectivity index (χ1v) is 12.9. The summed E-state index contributed by atoms with van der Waals surface area (Å²) >= 11 is 0. The number of benzene rings is 3. The Morgan fingerprint density at radius 1 is 0.912 bits per heavy atom. The number of methoxy groups -OCH3 is 1. The lowest BCUT2D eigenvalue weighted by molar-refractivity contribution is -0.126. The molecule has 0 radical (unpaired) electrons. The van der Waals surface area contributed by atoms with Crippen LogP contribution in [0.2, 0.25) is 0 Å². The van der Waals surface area contributed by atoms with Gasteiger partial charge in [0.25, 0.3) is 0 Å². The number of ether oxygens (including phenoxy) is 1. The van der Waals surface area contributed by atoms with E-state index in [1.54, 1.807) is 31.4 Å². The Bertz CT molecular complexity index is 1200. The van der Waals surface area contributed by atoms with Crippen LogP contribution in [0.1, 0.15) is 35.6 Å². The molecule has 1 heterocycles. The molecule has 0 bridgehead atoms. The summed E-state index contributed by atoms with van der Waals surface area (Å²) in [5, 5.41) is 3.20. The minimum Gasteiger partial charge on any atom is -0.497 e. The van der Waals surface area contributed by atoms with Crippen molar-refractivity contribution in [2.75, 3.05) is 20.2 Å². The molecule has 4 rings (SSSR count). The van der Waals surface area contributed by atoms with Crippen molar-refractivity contribution in [2.45, 2.75) is 30.7 Å². The van der Waals surface area contributed by atoms with E-state index in [-0.39, 0.29) is 17.9 Å². The van der Waals surface area contributed by atoms with Gasteiger partial charge in [-0.2, -0.15) is 4.31 Å². The van der Waals surface area contributed by atoms with E-state index in [0.29, 0.717) is 30.8 Å². The molecule has 1 fully saturated rings. The second-order valence-electron chi connectivity index (χ2n) is 8.62.